The highest BCUT2D eigenvalue weighted by Crippen LogP contribution is 2.18. The van der Waals surface area contributed by atoms with E-state index in [0.29, 0.717) is 22.0 Å². The van der Waals surface area contributed by atoms with Crippen LogP contribution >= 0.6 is 23.1 Å². The highest BCUT2D eigenvalue weighted by molar-refractivity contribution is 8.14. The van der Waals surface area contributed by atoms with Crippen molar-refractivity contribution >= 4 is 51.5 Å². The highest BCUT2D eigenvalue weighted by atomic mass is 32.2. The molecule has 0 saturated carbocycles. The van der Waals surface area contributed by atoms with E-state index in [1.54, 1.807) is 30.3 Å². The number of benzene rings is 1. The van der Waals surface area contributed by atoms with Gasteiger partial charge in [-0.15, -0.1) is 11.3 Å². The minimum Gasteiger partial charge on any atom is -0.334 e. The number of amides is 3. The Morgan fingerprint density at radius 1 is 1.09 bits per heavy atom. The lowest BCUT2D eigenvalue weighted by Gasteiger charge is -2.11. The SMILES string of the molecule is O=C1N[C@@H](C(=O)Nc2ccc(NC(=O)c3cccs3)cc2)CS1. The Kier molecular flexibility index (Phi) is 4.63. The smallest absolute Gasteiger partial charge is 0.279 e. The first-order chi connectivity index (χ1) is 11.1. The van der Waals surface area contributed by atoms with Crippen LogP contribution < -0.4 is 16.0 Å². The molecule has 1 saturated heterocycles. The van der Waals surface area contributed by atoms with Gasteiger partial charge in [-0.05, 0) is 35.7 Å². The van der Waals surface area contributed by atoms with Crippen molar-refractivity contribution in [3.05, 3.63) is 46.7 Å². The molecule has 1 fully saturated rings. The van der Waals surface area contributed by atoms with E-state index in [0.717, 1.165) is 11.8 Å². The van der Waals surface area contributed by atoms with Gasteiger partial charge in [0.05, 0.1) is 4.88 Å². The molecule has 1 aliphatic heterocycles. The zero-order chi connectivity index (χ0) is 16.2. The van der Waals surface area contributed by atoms with Gasteiger partial charge in [-0.1, -0.05) is 17.8 Å². The van der Waals surface area contributed by atoms with Crippen molar-refractivity contribution in [1.82, 2.24) is 5.32 Å². The van der Waals surface area contributed by atoms with Crippen LogP contribution in [0.25, 0.3) is 0 Å². The predicted octanol–water partition coefficient (Wildman–Crippen LogP) is 2.76. The molecule has 8 heteroatoms. The Balaban J connectivity index is 1.57. The summed E-state index contributed by atoms with van der Waals surface area (Å²) in [6, 6.07) is 9.88. The molecule has 0 aliphatic carbocycles. The Labute approximate surface area is 140 Å². The number of thioether (sulfide) groups is 1. The second kappa shape index (κ2) is 6.84. The minimum atomic E-state index is -0.509. The molecule has 3 rings (SSSR count). The van der Waals surface area contributed by atoms with Crippen LogP contribution in [0.4, 0.5) is 16.2 Å². The van der Waals surface area contributed by atoms with E-state index in [1.807, 2.05) is 11.4 Å². The molecule has 2 aromatic rings. The van der Waals surface area contributed by atoms with E-state index >= 15 is 0 Å². The maximum Gasteiger partial charge on any atom is 0.279 e. The molecule has 1 atom stereocenters. The molecule has 0 radical (unpaired) electrons. The monoisotopic (exact) mass is 347 g/mol. The number of carbonyl (C=O) groups is 3. The van der Waals surface area contributed by atoms with E-state index in [2.05, 4.69) is 16.0 Å². The molecule has 1 aromatic heterocycles. The van der Waals surface area contributed by atoms with Gasteiger partial charge in [-0.3, -0.25) is 14.4 Å². The molecule has 3 N–H and O–H groups in total. The van der Waals surface area contributed by atoms with Gasteiger partial charge in [0.25, 0.3) is 11.1 Å². The van der Waals surface area contributed by atoms with Crippen molar-refractivity contribution < 1.29 is 14.4 Å². The third-order valence-electron chi connectivity index (χ3n) is 3.14. The summed E-state index contributed by atoms with van der Waals surface area (Å²) >= 11 is 2.47. The van der Waals surface area contributed by atoms with Gasteiger partial charge in [0.2, 0.25) is 5.91 Å². The maximum atomic E-state index is 12.0. The summed E-state index contributed by atoms with van der Waals surface area (Å²) in [4.78, 5) is 35.6. The quantitative estimate of drug-likeness (QED) is 0.794. The summed E-state index contributed by atoms with van der Waals surface area (Å²) in [6.45, 7) is 0. The average Bonchev–Trinajstić information content (AvgIpc) is 3.20. The Morgan fingerprint density at radius 3 is 2.35 bits per heavy atom. The van der Waals surface area contributed by atoms with Crippen molar-refractivity contribution in [2.24, 2.45) is 0 Å². The lowest BCUT2D eigenvalue weighted by molar-refractivity contribution is -0.117. The number of rotatable bonds is 4. The molecular weight excluding hydrogens is 334 g/mol. The molecule has 3 amide bonds. The zero-order valence-electron chi connectivity index (χ0n) is 11.9. The van der Waals surface area contributed by atoms with Gasteiger partial charge in [-0.25, -0.2) is 0 Å². The molecule has 0 bridgehead atoms. The van der Waals surface area contributed by atoms with Crippen molar-refractivity contribution in [2.75, 3.05) is 16.4 Å². The molecule has 6 nitrogen and oxygen atoms in total. The van der Waals surface area contributed by atoms with Gasteiger partial charge in [0, 0.05) is 17.1 Å². The summed E-state index contributed by atoms with van der Waals surface area (Å²) in [5, 5.41) is 9.76. The predicted molar refractivity (Wildman–Crippen MR) is 92.1 cm³/mol. The first-order valence-electron chi connectivity index (χ1n) is 6.81. The van der Waals surface area contributed by atoms with Crippen LogP contribution in [0.1, 0.15) is 9.67 Å². The van der Waals surface area contributed by atoms with Crippen LogP contribution in [0.3, 0.4) is 0 Å². The standard InChI is InChI=1S/C15H13N3O3S2/c19-13(11-8-23-15(21)18-11)16-9-3-5-10(6-4-9)17-14(20)12-2-1-7-22-12/h1-7,11H,8H2,(H,16,19)(H,17,20)(H,18,21)/t11-/m1/s1. The summed E-state index contributed by atoms with van der Waals surface area (Å²) in [5.41, 5.74) is 1.25. The molecule has 118 valence electrons. The fourth-order valence-corrected chi connectivity index (χ4v) is 3.39. The van der Waals surface area contributed by atoms with Gasteiger partial charge < -0.3 is 16.0 Å². The van der Waals surface area contributed by atoms with Crippen LogP contribution in [0, 0.1) is 0 Å². The first kappa shape index (κ1) is 15.6. The second-order valence-electron chi connectivity index (χ2n) is 4.79. The van der Waals surface area contributed by atoms with Crippen molar-refractivity contribution in [1.29, 1.82) is 0 Å². The van der Waals surface area contributed by atoms with E-state index in [-0.39, 0.29) is 17.1 Å². The number of hydrogen-bond donors (Lipinski definition) is 3. The summed E-state index contributed by atoms with van der Waals surface area (Å²) in [7, 11) is 0. The fraction of sp³-hybridized carbons (Fsp3) is 0.133. The van der Waals surface area contributed by atoms with E-state index in [4.69, 9.17) is 0 Å². The average molecular weight is 347 g/mol. The number of anilines is 2. The summed E-state index contributed by atoms with van der Waals surface area (Å²) in [6.07, 6.45) is 0. The van der Waals surface area contributed by atoms with E-state index < -0.39 is 6.04 Å². The Bertz CT molecular complexity index is 729. The second-order valence-corrected chi connectivity index (χ2v) is 6.73. The Hall–Kier alpha value is -2.32. The largest absolute Gasteiger partial charge is 0.334 e. The van der Waals surface area contributed by atoms with Crippen LogP contribution in [-0.4, -0.2) is 28.8 Å². The molecule has 23 heavy (non-hydrogen) atoms. The van der Waals surface area contributed by atoms with E-state index in [1.165, 1.54) is 11.3 Å². The van der Waals surface area contributed by atoms with Crippen molar-refractivity contribution in [3.8, 4) is 0 Å². The fourth-order valence-electron chi connectivity index (χ4n) is 1.99. The topological polar surface area (TPSA) is 87.3 Å². The zero-order valence-corrected chi connectivity index (χ0v) is 13.5. The van der Waals surface area contributed by atoms with Gasteiger partial charge in [0.1, 0.15) is 6.04 Å². The van der Waals surface area contributed by atoms with Crippen LogP contribution in [0.15, 0.2) is 41.8 Å². The van der Waals surface area contributed by atoms with Crippen LogP contribution in [-0.2, 0) is 4.79 Å². The van der Waals surface area contributed by atoms with Gasteiger partial charge in [-0.2, -0.15) is 0 Å². The molecule has 1 aromatic carbocycles. The number of nitrogens with one attached hydrogen (secondary N) is 3. The third kappa shape index (κ3) is 3.91. The third-order valence-corrected chi connectivity index (χ3v) is 4.89. The summed E-state index contributed by atoms with van der Waals surface area (Å²) in [5.74, 6) is 0.0146. The minimum absolute atomic E-state index is 0.164. The van der Waals surface area contributed by atoms with Crippen molar-refractivity contribution in [2.45, 2.75) is 6.04 Å². The lowest BCUT2D eigenvalue weighted by atomic mass is 10.2. The normalized spacial score (nSPS) is 16.7. The lowest BCUT2D eigenvalue weighted by Crippen LogP contribution is -2.38. The Morgan fingerprint density at radius 2 is 1.78 bits per heavy atom. The molecule has 0 spiro atoms. The van der Waals surface area contributed by atoms with Crippen LogP contribution in [0.2, 0.25) is 0 Å². The maximum absolute atomic E-state index is 12.0. The van der Waals surface area contributed by atoms with Gasteiger partial charge in [0.15, 0.2) is 0 Å². The van der Waals surface area contributed by atoms with E-state index in [9.17, 15) is 14.4 Å². The van der Waals surface area contributed by atoms with Gasteiger partial charge >= 0.3 is 0 Å². The van der Waals surface area contributed by atoms with Crippen molar-refractivity contribution in [3.63, 3.8) is 0 Å². The number of thiophene rings is 1. The first-order valence-corrected chi connectivity index (χ1v) is 8.67. The van der Waals surface area contributed by atoms with Crippen LogP contribution in [0.5, 0.6) is 0 Å². The molecular formula is C15H13N3O3S2. The highest BCUT2D eigenvalue weighted by Gasteiger charge is 2.27. The molecule has 0 unspecified atom stereocenters. The molecule has 2 heterocycles. The number of hydrogen-bond acceptors (Lipinski definition) is 5. The summed E-state index contributed by atoms with van der Waals surface area (Å²) < 4.78 is 0. The molecule has 1 aliphatic rings. The number of carbonyl (C=O) groups excluding carboxylic acids is 3.